The van der Waals surface area contributed by atoms with E-state index in [9.17, 15) is 4.79 Å². The van der Waals surface area contributed by atoms with Gasteiger partial charge in [0.15, 0.2) is 0 Å². The standard InChI is InChI=1S/C16H23N3O/c1-17-16(20)10-12-4-2-3-5-14(12)18-15-7-9-19-8-6-13(15)11-19/h2-5,13,15,18H,6-11H2,1H3,(H,17,20). The molecule has 1 amide bonds. The summed E-state index contributed by atoms with van der Waals surface area (Å²) in [6, 6.07) is 8.74. The molecule has 2 saturated heterocycles. The van der Waals surface area contributed by atoms with Crippen molar-refractivity contribution in [3.63, 3.8) is 0 Å². The van der Waals surface area contributed by atoms with Crippen LogP contribution in [-0.4, -0.2) is 43.5 Å². The molecule has 3 rings (SSSR count). The van der Waals surface area contributed by atoms with E-state index in [4.69, 9.17) is 0 Å². The van der Waals surface area contributed by atoms with E-state index in [1.54, 1.807) is 7.05 Å². The van der Waals surface area contributed by atoms with Crippen molar-refractivity contribution in [3.8, 4) is 0 Å². The van der Waals surface area contributed by atoms with Crippen molar-refractivity contribution < 1.29 is 4.79 Å². The number of rotatable bonds is 4. The van der Waals surface area contributed by atoms with Crippen LogP contribution in [0.1, 0.15) is 18.4 Å². The lowest BCUT2D eigenvalue weighted by molar-refractivity contribution is -0.119. The second kappa shape index (κ2) is 5.83. The van der Waals surface area contributed by atoms with E-state index in [2.05, 4.69) is 21.6 Å². The van der Waals surface area contributed by atoms with Gasteiger partial charge < -0.3 is 15.5 Å². The Morgan fingerprint density at radius 2 is 2.10 bits per heavy atom. The van der Waals surface area contributed by atoms with Gasteiger partial charge in [-0.25, -0.2) is 0 Å². The minimum atomic E-state index is 0.0648. The van der Waals surface area contributed by atoms with Crippen LogP contribution in [0.3, 0.4) is 0 Å². The molecule has 1 aromatic rings. The van der Waals surface area contributed by atoms with E-state index in [-0.39, 0.29) is 5.91 Å². The molecule has 2 N–H and O–H groups in total. The molecule has 2 aliphatic rings. The minimum absolute atomic E-state index is 0.0648. The number of likely N-dealkylation sites (N-methyl/N-ethyl adjacent to an activating group) is 1. The van der Waals surface area contributed by atoms with E-state index in [0.717, 1.165) is 17.2 Å². The van der Waals surface area contributed by atoms with Crippen LogP contribution in [0.2, 0.25) is 0 Å². The van der Waals surface area contributed by atoms with Crippen LogP contribution in [0.15, 0.2) is 24.3 Å². The Hall–Kier alpha value is -1.55. The van der Waals surface area contributed by atoms with Crippen molar-refractivity contribution in [1.82, 2.24) is 10.2 Å². The number of hydrogen-bond donors (Lipinski definition) is 2. The van der Waals surface area contributed by atoms with Gasteiger partial charge in [-0.1, -0.05) is 18.2 Å². The number of hydrogen-bond acceptors (Lipinski definition) is 3. The summed E-state index contributed by atoms with van der Waals surface area (Å²) in [5, 5.41) is 6.40. The van der Waals surface area contributed by atoms with Gasteiger partial charge in [0.2, 0.25) is 5.91 Å². The molecule has 0 aliphatic carbocycles. The molecule has 1 aromatic carbocycles. The molecule has 4 nitrogen and oxygen atoms in total. The van der Waals surface area contributed by atoms with Crippen molar-refractivity contribution in [2.24, 2.45) is 5.92 Å². The number of para-hydroxylation sites is 1. The lowest BCUT2D eigenvalue weighted by Crippen LogP contribution is -2.39. The van der Waals surface area contributed by atoms with Gasteiger partial charge in [0.05, 0.1) is 6.42 Å². The first kappa shape index (κ1) is 13.4. The lowest BCUT2D eigenvalue weighted by atomic mass is 9.93. The van der Waals surface area contributed by atoms with Gasteiger partial charge in [-0.05, 0) is 36.9 Å². The highest BCUT2D eigenvalue weighted by Crippen LogP contribution is 2.30. The van der Waals surface area contributed by atoms with Gasteiger partial charge in [-0.15, -0.1) is 0 Å². The van der Waals surface area contributed by atoms with Crippen molar-refractivity contribution in [3.05, 3.63) is 29.8 Å². The summed E-state index contributed by atoms with van der Waals surface area (Å²) in [5.74, 6) is 0.826. The molecule has 20 heavy (non-hydrogen) atoms. The second-order valence-corrected chi connectivity index (χ2v) is 5.90. The predicted molar refractivity (Wildman–Crippen MR) is 80.8 cm³/mol. The SMILES string of the molecule is CNC(=O)Cc1ccccc1NC1CCN2CCC1C2. The van der Waals surface area contributed by atoms with Crippen molar-refractivity contribution in [2.45, 2.75) is 25.3 Å². The summed E-state index contributed by atoms with van der Waals surface area (Å²) >= 11 is 0. The summed E-state index contributed by atoms with van der Waals surface area (Å²) in [6.45, 7) is 3.68. The fourth-order valence-electron chi connectivity index (χ4n) is 3.42. The molecular formula is C16H23N3O. The number of piperidine rings is 1. The normalized spacial score (nSPS) is 28.1. The Morgan fingerprint density at radius 1 is 1.30 bits per heavy atom. The monoisotopic (exact) mass is 273 g/mol. The van der Waals surface area contributed by atoms with Gasteiger partial charge in [0.25, 0.3) is 0 Å². The number of amides is 1. The topological polar surface area (TPSA) is 44.4 Å². The van der Waals surface area contributed by atoms with Gasteiger partial charge in [0, 0.05) is 31.9 Å². The maximum absolute atomic E-state index is 11.6. The second-order valence-electron chi connectivity index (χ2n) is 5.90. The smallest absolute Gasteiger partial charge is 0.224 e. The van der Waals surface area contributed by atoms with Gasteiger partial charge >= 0.3 is 0 Å². The summed E-state index contributed by atoms with van der Waals surface area (Å²) < 4.78 is 0. The zero-order chi connectivity index (χ0) is 13.9. The average molecular weight is 273 g/mol. The number of benzene rings is 1. The molecular weight excluding hydrogens is 250 g/mol. The molecule has 3 atom stereocenters. The maximum Gasteiger partial charge on any atom is 0.224 e. The molecule has 0 aromatic heterocycles. The van der Waals surface area contributed by atoms with Crippen LogP contribution in [0, 0.1) is 5.92 Å². The number of nitrogens with zero attached hydrogens (tertiary/aromatic N) is 1. The predicted octanol–water partition coefficient (Wildman–Crippen LogP) is 1.48. The Balaban J connectivity index is 1.71. The zero-order valence-electron chi connectivity index (χ0n) is 12.1. The first-order chi connectivity index (χ1) is 9.76. The minimum Gasteiger partial charge on any atom is -0.382 e. The molecule has 2 aliphatic heterocycles. The fraction of sp³-hybridized carbons (Fsp3) is 0.562. The van der Waals surface area contributed by atoms with Crippen LogP contribution < -0.4 is 10.6 Å². The van der Waals surface area contributed by atoms with E-state index in [0.29, 0.717) is 12.5 Å². The molecule has 108 valence electrons. The van der Waals surface area contributed by atoms with E-state index < -0.39 is 0 Å². The Bertz CT molecular complexity index is 488. The molecule has 2 fully saturated rings. The van der Waals surface area contributed by atoms with Crippen LogP contribution in [-0.2, 0) is 11.2 Å². The third kappa shape index (κ3) is 2.80. The Kier molecular flexibility index (Phi) is 3.92. The summed E-state index contributed by atoms with van der Waals surface area (Å²) in [7, 11) is 1.69. The highest BCUT2D eigenvalue weighted by molar-refractivity contribution is 5.80. The third-order valence-corrected chi connectivity index (χ3v) is 4.62. The van der Waals surface area contributed by atoms with Gasteiger partial charge in [0.1, 0.15) is 0 Å². The molecule has 3 unspecified atom stereocenters. The average Bonchev–Trinajstić information content (AvgIpc) is 2.86. The molecule has 2 bridgehead atoms. The first-order valence-corrected chi connectivity index (χ1v) is 7.53. The van der Waals surface area contributed by atoms with Crippen molar-refractivity contribution >= 4 is 11.6 Å². The van der Waals surface area contributed by atoms with Crippen LogP contribution in [0.25, 0.3) is 0 Å². The van der Waals surface area contributed by atoms with Crippen molar-refractivity contribution in [2.75, 3.05) is 32.0 Å². The molecule has 4 heteroatoms. The lowest BCUT2D eigenvalue weighted by Gasteiger charge is -2.32. The fourth-order valence-corrected chi connectivity index (χ4v) is 3.42. The van der Waals surface area contributed by atoms with Gasteiger partial charge in [-0.3, -0.25) is 4.79 Å². The highest BCUT2D eigenvalue weighted by atomic mass is 16.1. The number of carbonyl (C=O) groups is 1. The third-order valence-electron chi connectivity index (χ3n) is 4.62. The van der Waals surface area contributed by atoms with Crippen LogP contribution in [0.5, 0.6) is 0 Å². The molecule has 2 heterocycles. The molecule has 0 saturated carbocycles. The zero-order valence-corrected chi connectivity index (χ0v) is 12.1. The maximum atomic E-state index is 11.6. The summed E-state index contributed by atoms with van der Waals surface area (Å²) in [4.78, 5) is 14.2. The quantitative estimate of drug-likeness (QED) is 0.873. The van der Waals surface area contributed by atoms with E-state index >= 15 is 0 Å². The number of nitrogens with one attached hydrogen (secondary N) is 2. The number of anilines is 1. The highest BCUT2D eigenvalue weighted by Gasteiger charge is 2.34. The van der Waals surface area contributed by atoms with Crippen LogP contribution in [0.4, 0.5) is 5.69 Å². The molecule has 0 spiro atoms. The summed E-state index contributed by atoms with van der Waals surface area (Å²) in [6.07, 6.45) is 2.96. The Morgan fingerprint density at radius 3 is 2.95 bits per heavy atom. The van der Waals surface area contributed by atoms with Crippen LogP contribution >= 0.6 is 0 Å². The summed E-state index contributed by atoms with van der Waals surface area (Å²) in [5.41, 5.74) is 2.22. The van der Waals surface area contributed by atoms with Crippen molar-refractivity contribution in [1.29, 1.82) is 0 Å². The number of fused-ring (bicyclic) bond motifs is 2. The number of carbonyl (C=O) groups excluding carboxylic acids is 1. The Labute approximate surface area is 120 Å². The van der Waals surface area contributed by atoms with E-state index in [1.807, 2.05) is 18.2 Å². The first-order valence-electron chi connectivity index (χ1n) is 7.53. The molecule has 0 radical (unpaired) electrons. The van der Waals surface area contributed by atoms with Gasteiger partial charge in [-0.2, -0.15) is 0 Å². The largest absolute Gasteiger partial charge is 0.382 e. The van der Waals surface area contributed by atoms with E-state index in [1.165, 1.54) is 32.5 Å².